The van der Waals surface area contributed by atoms with Crippen LogP contribution in [-0.2, 0) is 0 Å². The Kier molecular flexibility index (Phi) is 3.06. The molecule has 1 aliphatic carbocycles. The van der Waals surface area contributed by atoms with E-state index in [0.29, 0.717) is 6.42 Å². The normalized spacial score (nSPS) is 19.1. The summed E-state index contributed by atoms with van der Waals surface area (Å²) in [5.74, 6) is 0. The molecule has 0 fully saturated rings. The lowest BCUT2D eigenvalue weighted by Gasteiger charge is -2.23. The van der Waals surface area contributed by atoms with Crippen LogP contribution in [0.15, 0.2) is 15.0 Å². The summed E-state index contributed by atoms with van der Waals surface area (Å²) < 4.78 is 2.13. The van der Waals surface area contributed by atoms with E-state index in [1.807, 2.05) is 13.0 Å². The molecule has 1 aromatic carbocycles. The molecule has 0 saturated heterocycles. The van der Waals surface area contributed by atoms with Gasteiger partial charge < -0.3 is 5.11 Å². The van der Waals surface area contributed by atoms with Crippen LogP contribution in [0.3, 0.4) is 0 Å². The van der Waals surface area contributed by atoms with Crippen LogP contribution in [-0.4, -0.2) is 5.11 Å². The summed E-state index contributed by atoms with van der Waals surface area (Å²) in [7, 11) is 0. The van der Waals surface area contributed by atoms with Crippen LogP contribution in [0.4, 0.5) is 0 Å². The average Bonchev–Trinajstić information content (AvgIpc) is 2.23. The van der Waals surface area contributed by atoms with Gasteiger partial charge in [0.05, 0.1) is 6.10 Å². The Morgan fingerprint density at radius 2 is 1.80 bits per heavy atom. The zero-order valence-electron chi connectivity index (χ0n) is 8.64. The van der Waals surface area contributed by atoms with E-state index in [2.05, 4.69) is 44.9 Å². The second kappa shape index (κ2) is 4.04. The number of aliphatic hydroxyl groups is 1. The van der Waals surface area contributed by atoms with Crippen molar-refractivity contribution in [1.82, 2.24) is 0 Å². The third-order valence-electron chi connectivity index (χ3n) is 2.93. The van der Waals surface area contributed by atoms with Crippen LogP contribution in [0.25, 0.3) is 6.08 Å². The fourth-order valence-electron chi connectivity index (χ4n) is 2.05. The standard InChI is InChI=1S/C12H12Br2O/c1-6-8-4-3-5-9(15)10(8)7(2)12(14)11(6)13/h3-4,9,15H,5H2,1-2H3. The van der Waals surface area contributed by atoms with Gasteiger partial charge in [0.2, 0.25) is 0 Å². The maximum atomic E-state index is 9.99. The minimum absolute atomic E-state index is 0.368. The fraction of sp³-hybridized carbons (Fsp3) is 0.333. The van der Waals surface area contributed by atoms with Crippen molar-refractivity contribution >= 4 is 37.9 Å². The lowest BCUT2D eigenvalue weighted by molar-refractivity contribution is 0.179. The van der Waals surface area contributed by atoms with Gasteiger partial charge in [-0.05, 0) is 74.4 Å². The van der Waals surface area contributed by atoms with Gasteiger partial charge in [-0.3, -0.25) is 0 Å². The fourth-order valence-corrected chi connectivity index (χ4v) is 3.07. The highest BCUT2D eigenvalue weighted by atomic mass is 79.9. The van der Waals surface area contributed by atoms with E-state index in [-0.39, 0.29) is 6.10 Å². The smallest absolute Gasteiger partial charge is 0.0833 e. The molecule has 1 atom stereocenters. The molecule has 80 valence electrons. The monoisotopic (exact) mass is 330 g/mol. The van der Waals surface area contributed by atoms with Crippen molar-refractivity contribution in [2.45, 2.75) is 26.4 Å². The van der Waals surface area contributed by atoms with E-state index >= 15 is 0 Å². The second-order valence-corrected chi connectivity index (χ2v) is 5.45. The van der Waals surface area contributed by atoms with Gasteiger partial charge in [0.25, 0.3) is 0 Å². The van der Waals surface area contributed by atoms with Crippen molar-refractivity contribution < 1.29 is 5.11 Å². The minimum Gasteiger partial charge on any atom is -0.388 e. The van der Waals surface area contributed by atoms with E-state index in [1.165, 1.54) is 5.56 Å². The first kappa shape index (κ1) is 11.4. The van der Waals surface area contributed by atoms with Crippen molar-refractivity contribution in [3.05, 3.63) is 37.3 Å². The molecule has 1 aliphatic rings. The van der Waals surface area contributed by atoms with Crippen molar-refractivity contribution in [2.75, 3.05) is 0 Å². The Hall–Kier alpha value is -0.120. The van der Waals surface area contributed by atoms with Gasteiger partial charge in [0.1, 0.15) is 0 Å². The first-order chi connectivity index (χ1) is 7.04. The lowest BCUT2D eigenvalue weighted by Crippen LogP contribution is -2.08. The van der Waals surface area contributed by atoms with Crippen molar-refractivity contribution in [2.24, 2.45) is 0 Å². The number of hydrogen-bond donors (Lipinski definition) is 1. The van der Waals surface area contributed by atoms with Gasteiger partial charge in [-0.1, -0.05) is 12.2 Å². The predicted octanol–water partition coefficient (Wildman–Crippen LogP) is 4.28. The van der Waals surface area contributed by atoms with E-state index < -0.39 is 0 Å². The van der Waals surface area contributed by atoms with Crippen molar-refractivity contribution in [1.29, 1.82) is 0 Å². The number of hydrogen-bond acceptors (Lipinski definition) is 1. The summed E-state index contributed by atoms with van der Waals surface area (Å²) >= 11 is 7.12. The predicted molar refractivity (Wildman–Crippen MR) is 69.9 cm³/mol. The Balaban J connectivity index is 2.82. The van der Waals surface area contributed by atoms with Crippen LogP contribution < -0.4 is 0 Å². The minimum atomic E-state index is -0.368. The SMILES string of the molecule is Cc1c(Br)c(Br)c(C)c2c1C=CCC2O. The third-order valence-corrected chi connectivity index (χ3v) is 5.44. The molecule has 0 aliphatic heterocycles. The molecular weight excluding hydrogens is 320 g/mol. The molecule has 1 nitrogen and oxygen atoms in total. The van der Waals surface area contributed by atoms with E-state index in [9.17, 15) is 5.11 Å². The number of fused-ring (bicyclic) bond motifs is 1. The molecule has 0 bridgehead atoms. The summed E-state index contributed by atoms with van der Waals surface area (Å²) in [5.41, 5.74) is 4.52. The number of benzene rings is 1. The maximum Gasteiger partial charge on any atom is 0.0833 e. The Bertz CT molecular complexity index is 450. The van der Waals surface area contributed by atoms with Gasteiger partial charge in [-0.2, -0.15) is 0 Å². The summed E-state index contributed by atoms with van der Waals surface area (Å²) in [6.45, 7) is 4.10. The molecule has 1 unspecified atom stereocenters. The molecule has 15 heavy (non-hydrogen) atoms. The first-order valence-electron chi connectivity index (χ1n) is 4.86. The highest BCUT2D eigenvalue weighted by molar-refractivity contribution is 9.13. The highest BCUT2D eigenvalue weighted by Crippen LogP contribution is 2.41. The molecule has 0 spiro atoms. The van der Waals surface area contributed by atoms with E-state index in [0.717, 1.165) is 25.6 Å². The van der Waals surface area contributed by atoms with Crippen LogP contribution in [0.2, 0.25) is 0 Å². The number of aliphatic hydroxyl groups excluding tert-OH is 1. The van der Waals surface area contributed by atoms with Gasteiger partial charge in [-0.25, -0.2) is 0 Å². The Morgan fingerprint density at radius 1 is 1.20 bits per heavy atom. The number of halogens is 2. The third kappa shape index (κ3) is 1.71. The Labute approximate surface area is 106 Å². The van der Waals surface area contributed by atoms with Crippen LogP contribution in [0.5, 0.6) is 0 Å². The van der Waals surface area contributed by atoms with E-state index in [1.54, 1.807) is 0 Å². The van der Waals surface area contributed by atoms with Crippen LogP contribution in [0, 0.1) is 13.8 Å². The van der Waals surface area contributed by atoms with Crippen LogP contribution >= 0.6 is 31.9 Å². The number of rotatable bonds is 0. The van der Waals surface area contributed by atoms with Gasteiger partial charge in [0.15, 0.2) is 0 Å². The van der Waals surface area contributed by atoms with E-state index in [4.69, 9.17) is 0 Å². The molecule has 0 saturated carbocycles. The molecule has 3 heteroatoms. The van der Waals surface area contributed by atoms with Crippen LogP contribution in [0.1, 0.15) is 34.8 Å². The van der Waals surface area contributed by atoms with Crippen molar-refractivity contribution in [3.63, 3.8) is 0 Å². The summed E-state index contributed by atoms with van der Waals surface area (Å²) in [4.78, 5) is 0. The molecule has 2 rings (SSSR count). The molecule has 0 amide bonds. The summed E-state index contributed by atoms with van der Waals surface area (Å²) in [6.07, 6.45) is 4.47. The molecule has 0 radical (unpaired) electrons. The summed E-state index contributed by atoms with van der Waals surface area (Å²) in [6, 6.07) is 0. The second-order valence-electron chi connectivity index (χ2n) is 3.86. The van der Waals surface area contributed by atoms with Crippen molar-refractivity contribution in [3.8, 4) is 0 Å². The molecule has 1 aromatic rings. The van der Waals surface area contributed by atoms with Gasteiger partial charge >= 0.3 is 0 Å². The molecule has 1 N–H and O–H groups in total. The van der Waals surface area contributed by atoms with Gasteiger partial charge in [0, 0.05) is 8.95 Å². The first-order valence-corrected chi connectivity index (χ1v) is 6.45. The Morgan fingerprint density at radius 3 is 2.47 bits per heavy atom. The highest BCUT2D eigenvalue weighted by Gasteiger charge is 2.22. The zero-order chi connectivity index (χ0) is 11.2. The maximum absolute atomic E-state index is 9.99. The average molecular weight is 332 g/mol. The largest absolute Gasteiger partial charge is 0.388 e. The molecule has 0 aromatic heterocycles. The van der Waals surface area contributed by atoms with Gasteiger partial charge in [-0.15, -0.1) is 0 Å². The molecular formula is C12H12Br2O. The zero-order valence-corrected chi connectivity index (χ0v) is 11.8. The topological polar surface area (TPSA) is 20.2 Å². The molecule has 0 heterocycles. The quantitative estimate of drug-likeness (QED) is 0.752. The summed E-state index contributed by atoms with van der Waals surface area (Å²) in [5, 5.41) is 9.99. The lowest BCUT2D eigenvalue weighted by atomic mass is 9.88.